The molecule has 0 spiro atoms. The number of hydrogen-bond donors (Lipinski definition) is 6. The second-order valence-electron chi connectivity index (χ2n) is 5.28. The number of nitrogens with zero attached hydrogens (tertiary/aromatic N) is 3. The van der Waals surface area contributed by atoms with Gasteiger partial charge in [-0.15, -0.1) is 5.10 Å². The van der Waals surface area contributed by atoms with Crippen LogP contribution in [0.15, 0.2) is 6.33 Å². The standard InChI is InChI=1S/C8H14N5O7P.C4H10S2/c9-6(10)7-11-2-13(12-7)8-5(15)4(14)3(20-8)1-19-21(16,17)18;1-3-4-6-5-2/h2-5,8,14-15H,1H2,(H3,9,10)(H2,16,17,18);3-4H2,1-2H3. The van der Waals surface area contributed by atoms with Crippen molar-refractivity contribution < 1.29 is 33.8 Å². The molecule has 1 saturated heterocycles. The molecule has 0 bridgehead atoms. The molecule has 1 aromatic heterocycles. The van der Waals surface area contributed by atoms with Crippen molar-refractivity contribution in [2.75, 3.05) is 18.6 Å². The first-order valence-electron chi connectivity index (χ1n) is 7.73. The number of nitrogens with two attached hydrogens (primary N) is 1. The molecule has 1 aliphatic heterocycles. The first-order chi connectivity index (χ1) is 12.6. The molecule has 1 aromatic rings. The van der Waals surface area contributed by atoms with Crippen LogP contribution in [0.25, 0.3) is 0 Å². The highest BCUT2D eigenvalue weighted by atomic mass is 33.1. The third kappa shape index (κ3) is 8.05. The van der Waals surface area contributed by atoms with Crippen LogP contribution in [0.4, 0.5) is 0 Å². The molecule has 0 radical (unpaired) electrons. The summed E-state index contributed by atoms with van der Waals surface area (Å²) >= 11 is 0. The van der Waals surface area contributed by atoms with Crippen molar-refractivity contribution in [2.45, 2.75) is 37.9 Å². The van der Waals surface area contributed by atoms with E-state index < -0.39 is 39.0 Å². The number of aromatic nitrogens is 3. The minimum Gasteiger partial charge on any atom is -0.387 e. The number of nitrogen functional groups attached to an aromatic ring is 1. The van der Waals surface area contributed by atoms with E-state index in [1.54, 1.807) is 0 Å². The molecule has 156 valence electrons. The smallest absolute Gasteiger partial charge is 0.387 e. The van der Waals surface area contributed by atoms with Gasteiger partial charge in [-0.2, -0.15) is 0 Å². The van der Waals surface area contributed by atoms with Gasteiger partial charge < -0.3 is 30.5 Å². The molecule has 0 aliphatic carbocycles. The number of nitrogens with one attached hydrogen (secondary N) is 1. The van der Waals surface area contributed by atoms with Crippen molar-refractivity contribution in [1.82, 2.24) is 14.8 Å². The Bertz CT molecular complexity index is 641. The SMILES string of the molecule is CCCSSC.N=C(N)c1ncn(C2OC(COP(=O)(O)O)C(O)C2O)n1. The summed E-state index contributed by atoms with van der Waals surface area (Å²) in [4.78, 5) is 20.9. The number of amidine groups is 1. The quantitative estimate of drug-likeness (QED) is 0.101. The second-order valence-corrected chi connectivity index (χ2v) is 9.21. The summed E-state index contributed by atoms with van der Waals surface area (Å²) in [6, 6.07) is 0. The molecule has 1 aliphatic rings. The largest absolute Gasteiger partial charge is 0.469 e. The van der Waals surface area contributed by atoms with Gasteiger partial charge in [0, 0.05) is 5.75 Å². The van der Waals surface area contributed by atoms with Gasteiger partial charge in [-0.25, -0.2) is 14.2 Å². The molecule has 2 rings (SSSR count). The molecule has 2 heterocycles. The summed E-state index contributed by atoms with van der Waals surface area (Å²) in [5.41, 5.74) is 5.20. The average molecular weight is 445 g/mol. The Labute approximate surface area is 164 Å². The normalized spacial score (nSPS) is 25.1. The summed E-state index contributed by atoms with van der Waals surface area (Å²) < 4.78 is 21.1. The van der Waals surface area contributed by atoms with E-state index in [4.69, 9.17) is 25.7 Å². The molecule has 4 atom stereocenters. The predicted molar refractivity (Wildman–Crippen MR) is 101 cm³/mol. The lowest BCUT2D eigenvalue weighted by Crippen LogP contribution is -2.33. The maximum absolute atomic E-state index is 10.6. The molecule has 4 unspecified atom stereocenters. The van der Waals surface area contributed by atoms with Crippen LogP contribution in [-0.2, 0) is 13.8 Å². The van der Waals surface area contributed by atoms with Crippen LogP contribution in [0.5, 0.6) is 0 Å². The molecular formula is C12H24N5O7PS2. The van der Waals surface area contributed by atoms with Crippen LogP contribution in [0.1, 0.15) is 25.4 Å². The fourth-order valence-corrected chi connectivity index (χ4v) is 3.62. The van der Waals surface area contributed by atoms with E-state index in [1.165, 1.54) is 12.2 Å². The van der Waals surface area contributed by atoms with Gasteiger partial charge in [-0.3, -0.25) is 9.93 Å². The lowest BCUT2D eigenvalue weighted by Gasteiger charge is -2.14. The van der Waals surface area contributed by atoms with Crippen molar-refractivity contribution in [3.05, 3.63) is 12.2 Å². The summed E-state index contributed by atoms with van der Waals surface area (Å²) in [7, 11) is -0.950. The maximum atomic E-state index is 10.6. The van der Waals surface area contributed by atoms with E-state index in [0.717, 1.165) is 11.0 Å². The fourth-order valence-electron chi connectivity index (χ4n) is 1.94. The van der Waals surface area contributed by atoms with Crippen LogP contribution in [0.3, 0.4) is 0 Å². The Balaban J connectivity index is 0.000000527. The molecule has 0 aromatic carbocycles. The van der Waals surface area contributed by atoms with E-state index in [-0.39, 0.29) is 11.7 Å². The zero-order valence-electron chi connectivity index (χ0n) is 14.7. The summed E-state index contributed by atoms with van der Waals surface area (Å²) in [5, 5.41) is 30.6. The number of ether oxygens (including phenoxy) is 1. The number of hydrogen-bond acceptors (Lipinski definition) is 10. The third-order valence-corrected chi connectivity index (χ3v) is 5.66. The Morgan fingerprint density at radius 1 is 1.48 bits per heavy atom. The molecule has 12 nitrogen and oxygen atoms in total. The van der Waals surface area contributed by atoms with Crippen molar-refractivity contribution in [1.29, 1.82) is 5.41 Å². The van der Waals surface area contributed by atoms with Gasteiger partial charge in [0.05, 0.1) is 6.61 Å². The fraction of sp³-hybridized carbons (Fsp3) is 0.750. The van der Waals surface area contributed by atoms with Crippen molar-refractivity contribution >= 4 is 35.2 Å². The minimum atomic E-state index is -4.72. The highest BCUT2D eigenvalue weighted by Gasteiger charge is 2.45. The predicted octanol–water partition coefficient (Wildman–Crippen LogP) is -0.302. The topological polar surface area (TPSA) is 197 Å². The molecule has 0 saturated carbocycles. The summed E-state index contributed by atoms with van der Waals surface area (Å²) in [6.45, 7) is 1.58. The zero-order chi connectivity index (χ0) is 20.6. The Kier molecular flexibility index (Phi) is 10.2. The molecule has 0 amide bonds. The van der Waals surface area contributed by atoms with Gasteiger partial charge in [0.2, 0.25) is 5.82 Å². The molecular weight excluding hydrogens is 421 g/mol. The zero-order valence-corrected chi connectivity index (χ0v) is 17.2. The summed E-state index contributed by atoms with van der Waals surface area (Å²) in [5.74, 6) is 0.819. The van der Waals surface area contributed by atoms with E-state index in [0.29, 0.717) is 0 Å². The lowest BCUT2D eigenvalue weighted by molar-refractivity contribution is -0.0580. The van der Waals surface area contributed by atoms with Crippen molar-refractivity contribution in [2.24, 2.45) is 5.73 Å². The second kappa shape index (κ2) is 11.3. The average Bonchev–Trinajstić information content (AvgIpc) is 3.18. The van der Waals surface area contributed by atoms with Crippen LogP contribution in [-0.4, -0.2) is 77.5 Å². The van der Waals surface area contributed by atoms with E-state index in [1.807, 2.05) is 21.6 Å². The molecule has 1 fully saturated rings. The van der Waals surface area contributed by atoms with E-state index in [9.17, 15) is 14.8 Å². The molecule has 27 heavy (non-hydrogen) atoms. The van der Waals surface area contributed by atoms with E-state index >= 15 is 0 Å². The lowest BCUT2D eigenvalue weighted by atomic mass is 10.1. The first kappa shape index (κ1) is 24.3. The third-order valence-electron chi connectivity index (χ3n) is 3.16. The van der Waals surface area contributed by atoms with Crippen LogP contribution < -0.4 is 5.73 Å². The highest BCUT2D eigenvalue weighted by Crippen LogP contribution is 2.38. The number of aliphatic hydroxyl groups excluding tert-OH is 2. The number of aliphatic hydroxyl groups is 2. The Morgan fingerprint density at radius 3 is 2.59 bits per heavy atom. The Hall–Kier alpha value is -0.700. The van der Waals surface area contributed by atoms with Crippen molar-refractivity contribution in [3.8, 4) is 0 Å². The monoisotopic (exact) mass is 445 g/mol. The van der Waals surface area contributed by atoms with Gasteiger partial charge in [-0.05, 0) is 12.7 Å². The number of phosphoric ester groups is 1. The van der Waals surface area contributed by atoms with Crippen LogP contribution in [0, 0.1) is 5.41 Å². The minimum absolute atomic E-state index is 0.0878. The molecule has 15 heteroatoms. The van der Waals surface area contributed by atoms with Crippen LogP contribution in [0.2, 0.25) is 0 Å². The first-order valence-corrected chi connectivity index (χ1v) is 12.0. The molecule has 7 N–H and O–H groups in total. The Morgan fingerprint density at radius 2 is 2.15 bits per heavy atom. The van der Waals surface area contributed by atoms with Gasteiger partial charge in [0.15, 0.2) is 12.1 Å². The van der Waals surface area contributed by atoms with Crippen molar-refractivity contribution in [3.63, 3.8) is 0 Å². The number of phosphoric acid groups is 1. The van der Waals surface area contributed by atoms with Crippen LogP contribution >= 0.6 is 29.4 Å². The van der Waals surface area contributed by atoms with Gasteiger partial charge in [0.25, 0.3) is 0 Å². The van der Waals surface area contributed by atoms with E-state index in [2.05, 4.69) is 27.8 Å². The highest BCUT2D eigenvalue weighted by molar-refractivity contribution is 8.76. The van der Waals surface area contributed by atoms with Gasteiger partial charge in [-0.1, -0.05) is 28.5 Å². The summed E-state index contributed by atoms with van der Waals surface area (Å²) in [6.07, 6.45) is -0.618. The number of rotatable bonds is 8. The van der Waals surface area contributed by atoms with Gasteiger partial charge in [0.1, 0.15) is 24.6 Å². The maximum Gasteiger partial charge on any atom is 0.469 e. The van der Waals surface area contributed by atoms with Gasteiger partial charge >= 0.3 is 7.82 Å².